The van der Waals surface area contributed by atoms with E-state index in [2.05, 4.69) is 0 Å². The Morgan fingerprint density at radius 3 is 2.31 bits per heavy atom. The summed E-state index contributed by atoms with van der Waals surface area (Å²) in [5.41, 5.74) is 0. The summed E-state index contributed by atoms with van der Waals surface area (Å²) in [4.78, 5) is 28.4. The Bertz CT molecular complexity index is 245. The van der Waals surface area contributed by atoms with Crippen LogP contribution in [0.2, 0.25) is 0 Å². The van der Waals surface area contributed by atoms with E-state index in [0.717, 1.165) is 22.8 Å². The van der Waals surface area contributed by atoms with Crippen molar-refractivity contribution < 1.29 is 19.5 Å². The lowest BCUT2D eigenvalue weighted by Gasteiger charge is -2.27. The summed E-state index contributed by atoms with van der Waals surface area (Å²) in [5.74, 6) is -0.346. The van der Waals surface area contributed by atoms with Crippen molar-refractivity contribution in [1.82, 2.24) is 9.96 Å². The summed E-state index contributed by atoms with van der Waals surface area (Å²) >= 11 is 0. The van der Waals surface area contributed by atoms with Gasteiger partial charge in [0.2, 0.25) is 0 Å². The maximum atomic E-state index is 11.8. The van der Waals surface area contributed by atoms with Crippen molar-refractivity contribution in [2.24, 2.45) is 0 Å². The van der Waals surface area contributed by atoms with Gasteiger partial charge in [-0.25, -0.2) is 9.86 Å². The third-order valence-corrected chi connectivity index (χ3v) is 2.47. The Kier molecular flexibility index (Phi) is 6.48. The summed E-state index contributed by atoms with van der Waals surface area (Å²) in [6.45, 7) is 1.99. The van der Waals surface area contributed by atoms with Gasteiger partial charge in [0.1, 0.15) is 6.04 Å². The van der Waals surface area contributed by atoms with Gasteiger partial charge in [-0.15, -0.1) is 0 Å². The minimum Gasteiger partial charge on any atom is -0.465 e. The van der Waals surface area contributed by atoms with E-state index in [0.29, 0.717) is 6.42 Å². The van der Waals surface area contributed by atoms with E-state index >= 15 is 0 Å². The molecule has 1 atom stereocenters. The molecule has 0 spiro atoms. The zero-order chi connectivity index (χ0) is 12.7. The molecule has 2 amide bonds. The highest BCUT2D eigenvalue weighted by Gasteiger charge is 2.28. The summed E-state index contributed by atoms with van der Waals surface area (Å²) < 4.78 is 0. The van der Waals surface area contributed by atoms with Gasteiger partial charge in [0, 0.05) is 14.1 Å². The van der Waals surface area contributed by atoms with Crippen LogP contribution in [-0.4, -0.2) is 54.3 Å². The monoisotopic (exact) mass is 232 g/mol. The first-order valence-electron chi connectivity index (χ1n) is 5.23. The van der Waals surface area contributed by atoms with Crippen LogP contribution < -0.4 is 0 Å². The molecule has 0 radical (unpaired) electrons. The Hall–Kier alpha value is -1.30. The number of carboxylic acid groups (broad SMARTS) is 1. The molecule has 0 aromatic rings. The molecule has 0 fully saturated rings. The molecule has 0 aliphatic carbocycles. The number of nitrogens with zero attached hydrogens (tertiary/aromatic N) is 2. The van der Waals surface area contributed by atoms with E-state index in [4.69, 9.17) is 9.94 Å². The van der Waals surface area contributed by atoms with Gasteiger partial charge in [-0.05, 0) is 6.42 Å². The fraction of sp³-hybridized carbons (Fsp3) is 0.800. The van der Waals surface area contributed by atoms with E-state index in [9.17, 15) is 9.59 Å². The SMILES string of the molecule is CCCCC(C(=O)N(C)OC)N(C)C(=O)O. The molecular weight excluding hydrogens is 212 g/mol. The Labute approximate surface area is 95.7 Å². The molecule has 6 nitrogen and oxygen atoms in total. The summed E-state index contributed by atoms with van der Waals surface area (Å²) in [5, 5.41) is 9.92. The largest absolute Gasteiger partial charge is 0.465 e. The molecule has 0 aliphatic heterocycles. The normalized spacial score (nSPS) is 12.0. The van der Waals surface area contributed by atoms with Crippen molar-refractivity contribution in [3.8, 4) is 0 Å². The first kappa shape index (κ1) is 14.7. The van der Waals surface area contributed by atoms with E-state index in [1.807, 2.05) is 6.92 Å². The number of unbranched alkanes of at least 4 members (excludes halogenated alkanes) is 1. The molecule has 0 aliphatic rings. The van der Waals surface area contributed by atoms with Gasteiger partial charge in [-0.1, -0.05) is 19.8 Å². The molecule has 0 aromatic heterocycles. The third kappa shape index (κ3) is 4.06. The van der Waals surface area contributed by atoms with Crippen LogP contribution in [0, 0.1) is 0 Å². The molecule has 0 saturated heterocycles. The quantitative estimate of drug-likeness (QED) is 0.698. The predicted octanol–water partition coefficient (Wildman–Crippen LogP) is 1.17. The lowest BCUT2D eigenvalue weighted by molar-refractivity contribution is -0.173. The second-order valence-corrected chi connectivity index (χ2v) is 3.57. The van der Waals surface area contributed by atoms with Crippen LogP contribution in [0.3, 0.4) is 0 Å². The smallest absolute Gasteiger partial charge is 0.407 e. The van der Waals surface area contributed by atoms with Gasteiger partial charge in [0.25, 0.3) is 5.91 Å². The van der Waals surface area contributed by atoms with Gasteiger partial charge >= 0.3 is 6.09 Å². The number of hydrogen-bond acceptors (Lipinski definition) is 3. The van der Waals surface area contributed by atoms with Crippen LogP contribution in [0.1, 0.15) is 26.2 Å². The summed E-state index contributed by atoms with van der Waals surface area (Å²) in [6.07, 6.45) is 1.10. The molecule has 16 heavy (non-hydrogen) atoms. The average Bonchev–Trinajstić information content (AvgIpc) is 2.27. The van der Waals surface area contributed by atoms with Gasteiger partial charge in [0.05, 0.1) is 7.11 Å². The summed E-state index contributed by atoms with van der Waals surface area (Å²) in [6, 6.07) is -0.678. The first-order chi connectivity index (χ1) is 7.45. The van der Waals surface area contributed by atoms with Crippen LogP contribution in [-0.2, 0) is 9.63 Å². The van der Waals surface area contributed by atoms with Crippen molar-refractivity contribution >= 4 is 12.0 Å². The Morgan fingerprint density at radius 2 is 1.94 bits per heavy atom. The molecule has 0 heterocycles. The lowest BCUT2D eigenvalue weighted by atomic mass is 10.1. The fourth-order valence-electron chi connectivity index (χ4n) is 1.31. The number of amides is 2. The zero-order valence-electron chi connectivity index (χ0n) is 10.3. The maximum absolute atomic E-state index is 11.8. The standard InChI is InChI=1S/C10H20N2O4/c1-5-6-7-8(11(2)10(14)15)9(13)12(3)16-4/h8H,5-7H2,1-4H3,(H,14,15). The molecule has 1 unspecified atom stereocenters. The minimum absolute atomic E-state index is 0.346. The molecule has 1 N–H and O–H groups in total. The molecule has 0 rings (SSSR count). The highest BCUT2D eigenvalue weighted by molar-refractivity contribution is 5.84. The Morgan fingerprint density at radius 1 is 1.38 bits per heavy atom. The van der Waals surface area contributed by atoms with Crippen molar-refractivity contribution in [1.29, 1.82) is 0 Å². The van der Waals surface area contributed by atoms with Crippen LogP contribution in [0.5, 0.6) is 0 Å². The van der Waals surface area contributed by atoms with Gasteiger partial charge in [-0.2, -0.15) is 0 Å². The molecule has 0 aromatic carbocycles. The predicted molar refractivity (Wildman–Crippen MR) is 58.9 cm³/mol. The van der Waals surface area contributed by atoms with Gasteiger partial charge in [0.15, 0.2) is 0 Å². The number of rotatable bonds is 6. The van der Waals surface area contributed by atoms with E-state index in [1.165, 1.54) is 21.2 Å². The number of likely N-dealkylation sites (N-methyl/N-ethyl adjacent to an activating group) is 2. The maximum Gasteiger partial charge on any atom is 0.407 e. The highest BCUT2D eigenvalue weighted by atomic mass is 16.7. The van der Waals surface area contributed by atoms with Crippen LogP contribution >= 0.6 is 0 Å². The molecule has 0 bridgehead atoms. The summed E-state index contributed by atoms with van der Waals surface area (Å²) in [7, 11) is 4.23. The van der Waals surface area contributed by atoms with Crippen LogP contribution in [0.4, 0.5) is 4.79 Å². The first-order valence-corrected chi connectivity index (χ1v) is 5.23. The van der Waals surface area contributed by atoms with E-state index in [1.54, 1.807) is 0 Å². The second kappa shape index (κ2) is 7.05. The van der Waals surface area contributed by atoms with Gasteiger partial charge < -0.3 is 5.11 Å². The number of carbonyl (C=O) groups is 2. The topological polar surface area (TPSA) is 70.1 Å². The molecule has 94 valence electrons. The van der Waals surface area contributed by atoms with Crippen molar-refractivity contribution in [2.45, 2.75) is 32.2 Å². The van der Waals surface area contributed by atoms with Crippen LogP contribution in [0.25, 0.3) is 0 Å². The molecule has 0 saturated carbocycles. The highest BCUT2D eigenvalue weighted by Crippen LogP contribution is 2.10. The van der Waals surface area contributed by atoms with Crippen molar-refractivity contribution in [3.05, 3.63) is 0 Å². The van der Waals surface area contributed by atoms with Crippen molar-refractivity contribution in [3.63, 3.8) is 0 Å². The second-order valence-electron chi connectivity index (χ2n) is 3.57. The average molecular weight is 232 g/mol. The Balaban J connectivity index is 4.65. The molecule has 6 heteroatoms. The number of carbonyl (C=O) groups excluding carboxylic acids is 1. The third-order valence-electron chi connectivity index (χ3n) is 2.47. The van der Waals surface area contributed by atoms with Gasteiger partial charge in [-0.3, -0.25) is 14.5 Å². The van der Waals surface area contributed by atoms with E-state index < -0.39 is 12.1 Å². The zero-order valence-corrected chi connectivity index (χ0v) is 10.3. The van der Waals surface area contributed by atoms with E-state index in [-0.39, 0.29) is 5.91 Å². The van der Waals surface area contributed by atoms with Crippen molar-refractivity contribution in [2.75, 3.05) is 21.2 Å². The van der Waals surface area contributed by atoms with Crippen LogP contribution in [0.15, 0.2) is 0 Å². The number of hydroxylamine groups is 2. The number of hydrogen-bond donors (Lipinski definition) is 1. The lowest BCUT2D eigenvalue weighted by Crippen LogP contribution is -2.47. The minimum atomic E-state index is -1.11. The molecular formula is C10H20N2O4. The fourth-order valence-corrected chi connectivity index (χ4v) is 1.31.